The van der Waals surface area contributed by atoms with E-state index in [1.807, 2.05) is 42.5 Å². The molecule has 0 aliphatic rings. The van der Waals surface area contributed by atoms with Crippen molar-refractivity contribution in [1.82, 2.24) is 5.43 Å². The van der Waals surface area contributed by atoms with E-state index in [2.05, 4.69) is 31.8 Å². The summed E-state index contributed by atoms with van der Waals surface area (Å²) in [6, 6.07) is 24.0. The molecule has 0 atom stereocenters. The Kier molecular flexibility index (Phi) is 7.13. The molecule has 7 heteroatoms. The number of hydrogen-bond acceptors (Lipinski definition) is 4. The Bertz CT molecular complexity index is 988. The molecule has 0 bridgehead atoms. The molecule has 0 heterocycles. The van der Waals surface area contributed by atoms with E-state index in [0.29, 0.717) is 12.3 Å². The Morgan fingerprint density at radius 3 is 2.28 bits per heavy atom. The van der Waals surface area contributed by atoms with E-state index < -0.39 is 11.8 Å². The highest BCUT2D eigenvalue weighted by Gasteiger charge is 2.12. The minimum atomic E-state index is -0.855. The van der Waals surface area contributed by atoms with Crippen LogP contribution in [0.3, 0.4) is 0 Å². The third-order valence-electron chi connectivity index (χ3n) is 3.82. The molecule has 3 aromatic carbocycles. The molecule has 146 valence electrons. The second-order valence-corrected chi connectivity index (χ2v) is 6.92. The quantitative estimate of drug-likeness (QED) is 0.336. The van der Waals surface area contributed by atoms with Gasteiger partial charge in [0.05, 0.1) is 6.21 Å². The Morgan fingerprint density at radius 1 is 0.897 bits per heavy atom. The summed E-state index contributed by atoms with van der Waals surface area (Å²) in [5, 5.41) is 6.30. The van der Waals surface area contributed by atoms with Crippen LogP contribution in [0, 0.1) is 0 Å². The number of ether oxygens (including phenoxy) is 1. The standard InChI is InChI=1S/C22H18BrN3O3/c23-18-8-10-19(11-9-18)25-21(27)22(28)26-24-14-16-6-12-20(13-7-16)29-15-17-4-2-1-3-5-17/h1-14H,15H2,(H,25,27)(H,26,28)/b24-14+. The van der Waals surface area contributed by atoms with Crippen LogP contribution >= 0.6 is 15.9 Å². The molecule has 0 saturated carbocycles. The highest BCUT2D eigenvalue weighted by Crippen LogP contribution is 2.14. The van der Waals surface area contributed by atoms with Crippen LogP contribution in [0.25, 0.3) is 0 Å². The molecule has 0 spiro atoms. The molecule has 0 unspecified atom stereocenters. The largest absolute Gasteiger partial charge is 0.489 e. The molecular weight excluding hydrogens is 434 g/mol. The predicted octanol–water partition coefficient (Wildman–Crippen LogP) is 4.12. The fourth-order valence-electron chi connectivity index (χ4n) is 2.33. The van der Waals surface area contributed by atoms with Gasteiger partial charge < -0.3 is 10.1 Å². The zero-order chi connectivity index (χ0) is 20.5. The molecule has 0 fully saturated rings. The van der Waals surface area contributed by atoms with Crippen LogP contribution in [0.2, 0.25) is 0 Å². The van der Waals surface area contributed by atoms with Gasteiger partial charge in [-0.05, 0) is 59.7 Å². The van der Waals surface area contributed by atoms with Gasteiger partial charge in [-0.2, -0.15) is 5.10 Å². The lowest BCUT2D eigenvalue weighted by atomic mass is 10.2. The third kappa shape index (κ3) is 6.58. The molecular formula is C22H18BrN3O3. The fraction of sp³-hybridized carbons (Fsp3) is 0.0455. The smallest absolute Gasteiger partial charge is 0.329 e. The van der Waals surface area contributed by atoms with E-state index in [1.54, 1.807) is 36.4 Å². The number of benzene rings is 3. The number of hydrogen-bond donors (Lipinski definition) is 2. The van der Waals surface area contributed by atoms with Crippen LogP contribution < -0.4 is 15.5 Å². The van der Waals surface area contributed by atoms with Crippen molar-refractivity contribution in [3.05, 3.63) is 94.5 Å². The van der Waals surface area contributed by atoms with E-state index in [4.69, 9.17) is 4.74 Å². The molecule has 0 saturated heterocycles. The first kappa shape index (κ1) is 20.3. The Balaban J connectivity index is 1.46. The molecule has 6 nitrogen and oxygen atoms in total. The summed E-state index contributed by atoms with van der Waals surface area (Å²) in [4.78, 5) is 23.7. The van der Waals surface area contributed by atoms with Gasteiger partial charge in [-0.15, -0.1) is 0 Å². The van der Waals surface area contributed by atoms with Gasteiger partial charge in [0.25, 0.3) is 0 Å². The Morgan fingerprint density at radius 2 is 1.59 bits per heavy atom. The molecule has 0 aliphatic carbocycles. The van der Waals surface area contributed by atoms with Crippen molar-refractivity contribution in [2.45, 2.75) is 6.61 Å². The number of carbonyl (C=O) groups is 2. The zero-order valence-corrected chi connectivity index (χ0v) is 16.9. The van der Waals surface area contributed by atoms with Gasteiger partial charge in [-0.1, -0.05) is 46.3 Å². The van der Waals surface area contributed by atoms with Crippen molar-refractivity contribution in [2.75, 3.05) is 5.32 Å². The summed E-state index contributed by atoms with van der Waals surface area (Å²) >= 11 is 3.30. The van der Waals surface area contributed by atoms with Gasteiger partial charge >= 0.3 is 11.8 Å². The number of nitrogens with one attached hydrogen (secondary N) is 2. The Hall–Kier alpha value is -3.45. The lowest BCUT2D eigenvalue weighted by Gasteiger charge is -2.06. The topological polar surface area (TPSA) is 79.8 Å². The van der Waals surface area contributed by atoms with E-state index in [-0.39, 0.29) is 0 Å². The lowest BCUT2D eigenvalue weighted by molar-refractivity contribution is -0.136. The van der Waals surface area contributed by atoms with Crippen molar-refractivity contribution >= 4 is 39.6 Å². The first-order valence-electron chi connectivity index (χ1n) is 8.77. The normalized spacial score (nSPS) is 10.5. The van der Waals surface area contributed by atoms with Crippen LogP contribution in [0.1, 0.15) is 11.1 Å². The summed E-state index contributed by atoms with van der Waals surface area (Å²) < 4.78 is 6.59. The van der Waals surface area contributed by atoms with Crippen LogP contribution in [0.5, 0.6) is 5.75 Å². The number of anilines is 1. The summed E-state index contributed by atoms with van der Waals surface area (Å²) in [5.41, 5.74) is 4.56. The summed E-state index contributed by atoms with van der Waals surface area (Å²) in [7, 11) is 0. The van der Waals surface area contributed by atoms with Crippen LogP contribution in [0.4, 0.5) is 5.69 Å². The summed E-state index contributed by atoms with van der Waals surface area (Å²) in [6.07, 6.45) is 1.45. The first-order valence-corrected chi connectivity index (χ1v) is 9.56. The van der Waals surface area contributed by atoms with E-state index in [9.17, 15) is 9.59 Å². The van der Waals surface area contributed by atoms with E-state index in [0.717, 1.165) is 21.3 Å². The summed E-state index contributed by atoms with van der Waals surface area (Å²) in [5.74, 6) is -0.926. The Labute approximate surface area is 176 Å². The fourth-order valence-corrected chi connectivity index (χ4v) is 2.59. The van der Waals surface area contributed by atoms with Crippen molar-refractivity contribution in [3.63, 3.8) is 0 Å². The van der Waals surface area contributed by atoms with Crippen LogP contribution in [0.15, 0.2) is 88.4 Å². The number of rotatable bonds is 6. The van der Waals surface area contributed by atoms with Crippen molar-refractivity contribution < 1.29 is 14.3 Å². The first-order chi connectivity index (χ1) is 14.1. The maximum Gasteiger partial charge on any atom is 0.329 e. The monoisotopic (exact) mass is 451 g/mol. The molecule has 3 aromatic rings. The minimum absolute atomic E-state index is 0.484. The summed E-state index contributed by atoms with van der Waals surface area (Å²) in [6.45, 7) is 0.484. The number of carbonyl (C=O) groups excluding carboxylic acids is 2. The average molecular weight is 452 g/mol. The molecule has 2 N–H and O–H groups in total. The maximum atomic E-state index is 11.8. The van der Waals surface area contributed by atoms with Crippen LogP contribution in [-0.4, -0.2) is 18.0 Å². The highest BCUT2D eigenvalue weighted by atomic mass is 79.9. The molecule has 0 radical (unpaired) electrons. The predicted molar refractivity (Wildman–Crippen MR) is 116 cm³/mol. The van der Waals surface area contributed by atoms with Gasteiger partial charge in [0.15, 0.2) is 0 Å². The molecule has 0 aliphatic heterocycles. The maximum absolute atomic E-state index is 11.8. The number of nitrogens with zero attached hydrogens (tertiary/aromatic N) is 1. The van der Waals surface area contributed by atoms with Crippen molar-refractivity contribution in [1.29, 1.82) is 0 Å². The number of amides is 2. The molecule has 2 amide bonds. The minimum Gasteiger partial charge on any atom is -0.489 e. The number of halogens is 1. The SMILES string of the molecule is O=C(N/N=C/c1ccc(OCc2ccccc2)cc1)C(=O)Nc1ccc(Br)cc1. The van der Waals surface area contributed by atoms with Crippen LogP contribution in [-0.2, 0) is 16.2 Å². The van der Waals surface area contributed by atoms with Gasteiger partial charge in [-0.25, -0.2) is 5.43 Å². The molecule has 3 rings (SSSR count). The molecule has 0 aromatic heterocycles. The van der Waals surface area contributed by atoms with Gasteiger partial charge in [0, 0.05) is 10.2 Å². The van der Waals surface area contributed by atoms with E-state index in [1.165, 1.54) is 6.21 Å². The van der Waals surface area contributed by atoms with Crippen molar-refractivity contribution in [2.24, 2.45) is 5.10 Å². The van der Waals surface area contributed by atoms with E-state index >= 15 is 0 Å². The molecule has 29 heavy (non-hydrogen) atoms. The van der Waals surface area contributed by atoms with Crippen molar-refractivity contribution in [3.8, 4) is 5.75 Å². The zero-order valence-electron chi connectivity index (χ0n) is 15.3. The highest BCUT2D eigenvalue weighted by molar-refractivity contribution is 9.10. The second kappa shape index (κ2) is 10.2. The lowest BCUT2D eigenvalue weighted by Crippen LogP contribution is -2.32. The third-order valence-corrected chi connectivity index (χ3v) is 4.35. The second-order valence-electron chi connectivity index (χ2n) is 6.00. The van der Waals surface area contributed by atoms with Gasteiger partial charge in [0.2, 0.25) is 0 Å². The average Bonchev–Trinajstić information content (AvgIpc) is 2.75. The number of hydrazone groups is 1. The van der Waals surface area contributed by atoms with Gasteiger partial charge in [0.1, 0.15) is 12.4 Å². The van der Waals surface area contributed by atoms with Gasteiger partial charge in [-0.3, -0.25) is 9.59 Å².